The monoisotopic (exact) mass is 307 g/mol. The Morgan fingerprint density at radius 1 is 1.30 bits per heavy atom. The normalized spacial score (nSPS) is 32.8. The highest BCUT2D eigenvalue weighted by Gasteiger charge is 2.62. The first-order chi connectivity index (χ1) is 9.25. The number of ether oxygens (including phenoxy) is 2. The fourth-order valence-corrected chi connectivity index (χ4v) is 4.55. The number of hydrogen-bond acceptors (Lipinski definition) is 6. The van der Waals surface area contributed by atoms with E-state index in [-0.39, 0.29) is 18.7 Å². The highest BCUT2D eigenvalue weighted by atomic mass is 31.2. The summed E-state index contributed by atoms with van der Waals surface area (Å²) in [6.45, 7) is 9.01. The van der Waals surface area contributed by atoms with E-state index in [4.69, 9.17) is 18.5 Å². The average molecular weight is 307 g/mol. The molecule has 0 saturated carbocycles. The molecule has 1 fully saturated rings. The van der Waals surface area contributed by atoms with Crippen molar-refractivity contribution in [2.45, 2.75) is 58.7 Å². The summed E-state index contributed by atoms with van der Waals surface area (Å²) in [4.78, 5) is 0. The molecule has 2 heterocycles. The second-order valence-corrected chi connectivity index (χ2v) is 7.25. The molecule has 0 unspecified atom stereocenters. The molecular formula is C12H22NO6P. The molecular weight excluding hydrogens is 285 g/mol. The maximum absolute atomic E-state index is 12.9. The second-order valence-electron chi connectivity index (χ2n) is 5.28. The molecule has 20 heavy (non-hydrogen) atoms. The molecule has 1 saturated heterocycles. The third-order valence-corrected chi connectivity index (χ3v) is 5.54. The standard InChI is InChI=1S/C12H22NO6P/c1-6-16-20(15,17-7-2)11-10-9(8(3)13(11)14)18-12(4,5)19-10/h8-10H,6-7H2,1-5H3/t8-,9+,10+/m0/s1. The van der Waals surface area contributed by atoms with Crippen LogP contribution in [0.25, 0.3) is 0 Å². The number of rotatable bonds is 5. The van der Waals surface area contributed by atoms with Crippen LogP contribution in [-0.2, 0) is 23.1 Å². The SMILES string of the molecule is CCOP(=O)(OCC)C1=[N+]([O-])[C@@H](C)[C@H]2OC(C)(C)O[C@@H]12. The van der Waals surface area contributed by atoms with Crippen LogP contribution in [0.15, 0.2) is 0 Å². The highest BCUT2D eigenvalue weighted by molar-refractivity contribution is 7.72. The number of nitrogens with zero attached hydrogens (tertiary/aromatic N) is 1. The summed E-state index contributed by atoms with van der Waals surface area (Å²) in [6.07, 6.45) is -1.16. The van der Waals surface area contributed by atoms with E-state index < -0.39 is 31.6 Å². The molecule has 2 aliphatic heterocycles. The third-order valence-electron chi connectivity index (χ3n) is 3.33. The highest BCUT2D eigenvalue weighted by Crippen LogP contribution is 2.55. The van der Waals surface area contributed by atoms with Crippen molar-refractivity contribution in [1.29, 1.82) is 0 Å². The molecule has 0 spiro atoms. The Kier molecular flexibility index (Phi) is 4.29. The molecule has 0 bridgehead atoms. The summed E-state index contributed by atoms with van der Waals surface area (Å²) >= 11 is 0. The molecule has 2 aliphatic rings. The lowest BCUT2D eigenvalue weighted by atomic mass is 10.1. The Labute approximate surface area is 119 Å². The zero-order valence-electron chi connectivity index (χ0n) is 12.5. The summed E-state index contributed by atoms with van der Waals surface area (Å²) in [7, 11) is -3.66. The van der Waals surface area contributed by atoms with E-state index in [1.807, 2.05) is 0 Å². The zero-order chi connectivity index (χ0) is 15.1. The van der Waals surface area contributed by atoms with Gasteiger partial charge in [0.2, 0.25) is 0 Å². The van der Waals surface area contributed by atoms with Gasteiger partial charge in [0.25, 0.3) is 0 Å². The fourth-order valence-electron chi connectivity index (χ4n) is 2.59. The van der Waals surface area contributed by atoms with Gasteiger partial charge in [0.15, 0.2) is 24.0 Å². The van der Waals surface area contributed by atoms with Gasteiger partial charge in [0, 0.05) is 6.92 Å². The van der Waals surface area contributed by atoms with Crippen LogP contribution in [0, 0.1) is 5.21 Å². The van der Waals surface area contributed by atoms with E-state index in [1.165, 1.54) is 0 Å². The number of hydrogen-bond donors (Lipinski definition) is 0. The molecule has 0 amide bonds. The molecule has 0 N–H and O–H groups in total. The topological polar surface area (TPSA) is 80.1 Å². The smallest absolute Gasteiger partial charge is 0.423 e. The summed E-state index contributed by atoms with van der Waals surface area (Å²) < 4.78 is 35.5. The maximum Gasteiger partial charge on any atom is 0.423 e. The first-order valence-electron chi connectivity index (χ1n) is 6.84. The summed E-state index contributed by atoms with van der Waals surface area (Å²) in [5, 5.41) is 12.3. The van der Waals surface area contributed by atoms with Gasteiger partial charge < -0.3 is 23.7 Å². The molecule has 0 aromatic rings. The van der Waals surface area contributed by atoms with Gasteiger partial charge in [0.1, 0.15) is 0 Å². The van der Waals surface area contributed by atoms with Crippen LogP contribution in [0.4, 0.5) is 0 Å². The molecule has 2 rings (SSSR count). The lowest BCUT2D eigenvalue weighted by molar-refractivity contribution is -0.498. The van der Waals surface area contributed by atoms with Gasteiger partial charge in [-0.2, -0.15) is 4.74 Å². The minimum absolute atomic E-state index is 0.0178. The van der Waals surface area contributed by atoms with Crippen LogP contribution in [0.5, 0.6) is 0 Å². The van der Waals surface area contributed by atoms with Crippen molar-refractivity contribution in [1.82, 2.24) is 0 Å². The number of fused-ring (bicyclic) bond motifs is 1. The lowest BCUT2D eigenvalue weighted by Crippen LogP contribution is -2.31. The van der Waals surface area contributed by atoms with E-state index in [0.29, 0.717) is 4.74 Å². The minimum atomic E-state index is -3.66. The van der Waals surface area contributed by atoms with E-state index in [1.54, 1.807) is 34.6 Å². The third kappa shape index (κ3) is 2.53. The first kappa shape index (κ1) is 15.9. The predicted octanol–water partition coefficient (Wildman–Crippen LogP) is 2.08. The van der Waals surface area contributed by atoms with Crippen LogP contribution in [0.3, 0.4) is 0 Å². The second kappa shape index (κ2) is 5.39. The molecule has 7 nitrogen and oxygen atoms in total. The van der Waals surface area contributed by atoms with Crippen LogP contribution >= 0.6 is 7.60 Å². The molecule has 3 atom stereocenters. The van der Waals surface area contributed by atoms with Crippen LogP contribution in [0.2, 0.25) is 0 Å². The van der Waals surface area contributed by atoms with Gasteiger partial charge >= 0.3 is 13.0 Å². The number of hydroxylamine groups is 1. The van der Waals surface area contributed by atoms with Crippen molar-refractivity contribution < 1.29 is 27.8 Å². The van der Waals surface area contributed by atoms with Crippen molar-refractivity contribution in [3.8, 4) is 0 Å². The molecule has 0 aliphatic carbocycles. The van der Waals surface area contributed by atoms with Crippen molar-refractivity contribution >= 4 is 13.0 Å². The van der Waals surface area contributed by atoms with E-state index in [0.717, 1.165) is 0 Å². The lowest BCUT2D eigenvalue weighted by Gasteiger charge is -2.22. The van der Waals surface area contributed by atoms with Gasteiger partial charge in [-0.05, 0) is 27.7 Å². The van der Waals surface area contributed by atoms with Gasteiger partial charge in [-0.1, -0.05) is 0 Å². The van der Waals surface area contributed by atoms with Gasteiger partial charge in [-0.3, -0.25) is 0 Å². The molecule has 0 aromatic heterocycles. The Balaban J connectivity index is 2.40. The van der Waals surface area contributed by atoms with E-state index >= 15 is 0 Å². The van der Waals surface area contributed by atoms with Crippen molar-refractivity contribution in [3.63, 3.8) is 0 Å². The first-order valence-corrected chi connectivity index (χ1v) is 8.38. The average Bonchev–Trinajstić information content (AvgIpc) is 2.74. The van der Waals surface area contributed by atoms with Crippen molar-refractivity contribution in [2.75, 3.05) is 13.2 Å². The molecule has 8 heteroatoms. The fraction of sp³-hybridized carbons (Fsp3) is 0.917. The Hall–Kier alpha value is -0.460. The Bertz CT molecular complexity index is 453. The minimum Gasteiger partial charge on any atom is -0.623 e. The van der Waals surface area contributed by atoms with Crippen molar-refractivity contribution in [3.05, 3.63) is 5.21 Å². The molecule has 116 valence electrons. The summed E-state index contributed by atoms with van der Waals surface area (Å²) in [5.74, 6) is -0.820. The summed E-state index contributed by atoms with van der Waals surface area (Å²) in [6, 6.07) is -0.494. The van der Waals surface area contributed by atoms with E-state index in [2.05, 4.69) is 0 Å². The van der Waals surface area contributed by atoms with Crippen molar-refractivity contribution in [2.24, 2.45) is 0 Å². The quantitative estimate of drug-likeness (QED) is 0.439. The van der Waals surface area contributed by atoms with Crippen LogP contribution < -0.4 is 0 Å². The van der Waals surface area contributed by atoms with Gasteiger partial charge in [0.05, 0.1) is 13.2 Å². The largest absolute Gasteiger partial charge is 0.623 e. The Morgan fingerprint density at radius 3 is 2.35 bits per heavy atom. The maximum atomic E-state index is 12.9. The predicted molar refractivity (Wildman–Crippen MR) is 72.8 cm³/mol. The zero-order valence-corrected chi connectivity index (χ0v) is 13.4. The van der Waals surface area contributed by atoms with E-state index in [9.17, 15) is 9.77 Å². The van der Waals surface area contributed by atoms with Crippen LogP contribution in [-0.4, -0.2) is 47.4 Å². The molecule has 0 aromatic carbocycles. The molecule has 0 radical (unpaired) electrons. The Morgan fingerprint density at radius 2 is 1.85 bits per heavy atom. The van der Waals surface area contributed by atoms with Gasteiger partial charge in [-0.15, -0.1) is 0 Å². The van der Waals surface area contributed by atoms with Gasteiger partial charge in [-0.25, -0.2) is 4.57 Å². The summed E-state index contributed by atoms with van der Waals surface area (Å²) in [5.41, 5.74) is 0.0178. The van der Waals surface area contributed by atoms with Crippen LogP contribution in [0.1, 0.15) is 34.6 Å².